The molecular formula is C18H20N4OS. The fourth-order valence-corrected chi connectivity index (χ4v) is 3.04. The molecule has 0 aliphatic heterocycles. The quantitative estimate of drug-likeness (QED) is 0.724. The Balaban J connectivity index is 1.42. The lowest BCUT2D eigenvalue weighted by Crippen LogP contribution is -2.35. The molecule has 2 aromatic heterocycles. The maximum absolute atomic E-state index is 11.7. The number of nitrogens with zero attached hydrogens (tertiary/aromatic N) is 2. The van der Waals surface area contributed by atoms with Gasteiger partial charge >= 0.3 is 6.03 Å². The highest BCUT2D eigenvalue weighted by Crippen LogP contribution is 2.18. The lowest BCUT2D eigenvalue weighted by atomic mass is 10.1. The number of carbonyl (C=O) groups is 1. The lowest BCUT2D eigenvalue weighted by Gasteiger charge is -2.07. The molecule has 6 heteroatoms. The van der Waals surface area contributed by atoms with Crippen LogP contribution in [0.5, 0.6) is 0 Å². The van der Waals surface area contributed by atoms with Crippen LogP contribution in [0.2, 0.25) is 0 Å². The molecule has 2 amide bonds. The van der Waals surface area contributed by atoms with Crippen molar-refractivity contribution in [1.29, 1.82) is 0 Å². The molecule has 0 fully saturated rings. The fourth-order valence-electron chi connectivity index (χ4n) is 2.40. The Kier molecular flexibility index (Phi) is 5.28. The van der Waals surface area contributed by atoms with E-state index >= 15 is 0 Å². The topological polar surface area (TPSA) is 59.0 Å². The van der Waals surface area contributed by atoms with E-state index in [0.717, 1.165) is 22.4 Å². The summed E-state index contributed by atoms with van der Waals surface area (Å²) in [6, 6.07) is 12.2. The van der Waals surface area contributed by atoms with Crippen molar-refractivity contribution in [2.45, 2.75) is 13.0 Å². The molecule has 0 unspecified atom stereocenters. The Hall–Kier alpha value is -2.60. The van der Waals surface area contributed by atoms with Gasteiger partial charge in [0.25, 0.3) is 0 Å². The molecule has 0 radical (unpaired) electrons. The van der Waals surface area contributed by atoms with Crippen molar-refractivity contribution in [1.82, 2.24) is 20.4 Å². The average Bonchev–Trinajstić information content (AvgIpc) is 3.25. The molecule has 2 N–H and O–H groups in total. The number of aromatic nitrogens is 2. The van der Waals surface area contributed by atoms with Crippen LogP contribution in [0, 0.1) is 0 Å². The number of benzene rings is 1. The first-order chi connectivity index (χ1) is 11.7. The van der Waals surface area contributed by atoms with Crippen LogP contribution >= 0.6 is 11.3 Å². The van der Waals surface area contributed by atoms with E-state index in [-0.39, 0.29) is 6.03 Å². The molecule has 0 saturated carbocycles. The van der Waals surface area contributed by atoms with E-state index in [2.05, 4.69) is 40.0 Å². The zero-order valence-corrected chi connectivity index (χ0v) is 14.3. The molecular weight excluding hydrogens is 320 g/mol. The van der Waals surface area contributed by atoms with E-state index in [1.54, 1.807) is 16.0 Å². The van der Waals surface area contributed by atoms with Gasteiger partial charge in [0.2, 0.25) is 0 Å². The van der Waals surface area contributed by atoms with Crippen LogP contribution in [0.3, 0.4) is 0 Å². The second-order valence-electron chi connectivity index (χ2n) is 5.54. The van der Waals surface area contributed by atoms with Gasteiger partial charge in [0.15, 0.2) is 0 Å². The Bertz CT molecular complexity index is 778. The summed E-state index contributed by atoms with van der Waals surface area (Å²) in [4.78, 5) is 12.9. The third-order valence-corrected chi connectivity index (χ3v) is 4.57. The Morgan fingerprint density at radius 3 is 2.67 bits per heavy atom. The van der Waals surface area contributed by atoms with Crippen molar-refractivity contribution >= 4 is 17.4 Å². The van der Waals surface area contributed by atoms with E-state index in [9.17, 15) is 4.79 Å². The first kappa shape index (κ1) is 16.3. The smallest absolute Gasteiger partial charge is 0.315 e. The number of carbonyl (C=O) groups excluding carboxylic acids is 1. The van der Waals surface area contributed by atoms with Gasteiger partial charge in [-0.3, -0.25) is 4.68 Å². The van der Waals surface area contributed by atoms with Crippen LogP contribution in [0.4, 0.5) is 4.79 Å². The third-order valence-electron chi connectivity index (χ3n) is 3.69. The average molecular weight is 340 g/mol. The predicted molar refractivity (Wildman–Crippen MR) is 96.9 cm³/mol. The van der Waals surface area contributed by atoms with Gasteiger partial charge in [0, 0.05) is 30.2 Å². The second-order valence-corrected chi connectivity index (χ2v) is 6.57. The van der Waals surface area contributed by atoms with Gasteiger partial charge in [-0.25, -0.2) is 4.79 Å². The lowest BCUT2D eigenvalue weighted by molar-refractivity contribution is 0.240. The van der Waals surface area contributed by atoms with Gasteiger partial charge < -0.3 is 10.6 Å². The number of hydrogen-bond donors (Lipinski definition) is 2. The maximum Gasteiger partial charge on any atom is 0.315 e. The van der Waals surface area contributed by atoms with E-state index in [4.69, 9.17) is 0 Å². The summed E-state index contributed by atoms with van der Waals surface area (Å²) >= 11 is 1.64. The minimum atomic E-state index is -0.129. The SMILES string of the molecule is Cn1cc(-c2ccc(CCNC(=O)NCc3cccs3)cc2)cn1. The molecule has 0 atom stereocenters. The summed E-state index contributed by atoms with van der Waals surface area (Å²) in [6.07, 6.45) is 4.66. The molecule has 1 aromatic carbocycles. The van der Waals surface area contributed by atoms with Crippen LogP contribution in [0.1, 0.15) is 10.4 Å². The van der Waals surface area contributed by atoms with Crippen molar-refractivity contribution in [2.75, 3.05) is 6.54 Å². The summed E-state index contributed by atoms with van der Waals surface area (Å²) in [5.41, 5.74) is 3.45. The molecule has 3 aromatic rings. The van der Waals surface area contributed by atoms with Crippen molar-refractivity contribution in [3.8, 4) is 11.1 Å². The summed E-state index contributed by atoms with van der Waals surface area (Å²) < 4.78 is 1.79. The molecule has 0 aliphatic carbocycles. The zero-order valence-electron chi connectivity index (χ0n) is 13.5. The Morgan fingerprint density at radius 2 is 2.00 bits per heavy atom. The summed E-state index contributed by atoms with van der Waals surface area (Å²) in [5, 5.41) is 11.9. The van der Waals surface area contributed by atoms with Crippen LogP contribution in [0.25, 0.3) is 11.1 Å². The number of rotatable bonds is 6. The number of hydrogen-bond acceptors (Lipinski definition) is 3. The van der Waals surface area contributed by atoms with Crippen molar-refractivity contribution < 1.29 is 4.79 Å². The highest BCUT2D eigenvalue weighted by molar-refractivity contribution is 7.09. The van der Waals surface area contributed by atoms with Crippen LogP contribution in [-0.4, -0.2) is 22.4 Å². The molecule has 124 valence electrons. The van der Waals surface area contributed by atoms with Gasteiger partial charge in [0.1, 0.15) is 0 Å². The minimum absolute atomic E-state index is 0.129. The van der Waals surface area contributed by atoms with Crippen LogP contribution < -0.4 is 10.6 Å². The van der Waals surface area contributed by atoms with Crippen molar-refractivity contribution in [3.63, 3.8) is 0 Å². The number of thiophene rings is 1. The third kappa shape index (κ3) is 4.45. The zero-order chi connectivity index (χ0) is 16.8. The first-order valence-electron chi connectivity index (χ1n) is 7.83. The normalized spacial score (nSPS) is 10.5. The van der Waals surface area contributed by atoms with Gasteiger partial charge in [0.05, 0.1) is 12.7 Å². The number of amides is 2. The van der Waals surface area contributed by atoms with E-state index < -0.39 is 0 Å². The molecule has 24 heavy (non-hydrogen) atoms. The van der Waals surface area contributed by atoms with E-state index in [0.29, 0.717) is 13.1 Å². The highest BCUT2D eigenvalue weighted by atomic mass is 32.1. The molecule has 0 saturated heterocycles. The summed E-state index contributed by atoms with van der Waals surface area (Å²) in [6.45, 7) is 1.19. The summed E-state index contributed by atoms with van der Waals surface area (Å²) in [5.74, 6) is 0. The second kappa shape index (κ2) is 7.79. The van der Waals surface area contributed by atoms with Crippen LogP contribution in [-0.2, 0) is 20.0 Å². The van der Waals surface area contributed by atoms with Gasteiger partial charge in [-0.2, -0.15) is 5.10 Å². The van der Waals surface area contributed by atoms with Crippen molar-refractivity contribution in [3.05, 3.63) is 64.6 Å². The Morgan fingerprint density at radius 1 is 1.17 bits per heavy atom. The van der Waals surface area contributed by atoms with Gasteiger partial charge in [-0.1, -0.05) is 30.3 Å². The molecule has 0 bridgehead atoms. The minimum Gasteiger partial charge on any atom is -0.338 e. The van der Waals surface area contributed by atoms with Gasteiger partial charge in [-0.15, -0.1) is 11.3 Å². The highest BCUT2D eigenvalue weighted by Gasteiger charge is 2.03. The number of nitrogens with one attached hydrogen (secondary N) is 2. The number of aryl methyl sites for hydroxylation is 1. The van der Waals surface area contributed by atoms with E-state index in [1.807, 2.05) is 37.0 Å². The fraction of sp³-hybridized carbons (Fsp3) is 0.222. The van der Waals surface area contributed by atoms with Crippen LogP contribution in [0.15, 0.2) is 54.2 Å². The first-order valence-corrected chi connectivity index (χ1v) is 8.71. The molecule has 3 rings (SSSR count). The Labute approximate surface area is 145 Å². The van der Waals surface area contributed by atoms with Gasteiger partial charge in [-0.05, 0) is 29.0 Å². The predicted octanol–water partition coefficient (Wildman–Crippen LogP) is 3.19. The standard InChI is InChI=1S/C18H20N4OS/c1-22-13-16(11-21-22)15-6-4-14(5-7-15)8-9-19-18(23)20-12-17-3-2-10-24-17/h2-7,10-11,13H,8-9,12H2,1H3,(H2,19,20,23). The molecule has 0 aliphatic rings. The maximum atomic E-state index is 11.7. The largest absolute Gasteiger partial charge is 0.338 e. The summed E-state index contributed by atoms with van der Waals surface area (Å²) in [7, 11) is 1.91. The monoisotopic (exact) mass is 340 g/mol. The van der Waals surface area contributed by atoms with Crippen molar-refractivity contribution in [2.24, 2.45) is 7.05 Å². The molecule has 2 heterocycles. The molecule has 5 nitrogen and oxygen atoms in total. The number of urea groups is 1. The van der Waals surface area contributed by atoms with E-state index in [1.165, 1.54) is 5.56 Å². The molecule has 0 spiro atoms.